The summed E-state index contributed by atoms with van der Waals surface area (Å²) in [5.74, 6) is 0. The number of benzene rings is 2. The summed E-state index contributed by atoms with van der Waals surface area (Å²) in [5, 5.41) is 2.32. The van der Waals surface area contributed by atoms with Crippen molar-refractivity contribution in [2.75, 3.05) is 0 Å². The Balaban J connectivity index is 1.60. The second-order valence-electron chi connectivity index (χ2n) is 4.97. The van der Waals surface area contributed by atoms with Crippen LogP contribution in [0.1, 0.15) is 5.69 Å². The van der Waals surface area contributed by atoms with Gasteiger partial charge in [-0.15, -0.1) is 0 Å². The molecule has 3 nitrogen and oxygen atoms in total. The Morgan fingerprint density at radius 2 is 1.62 bits per heavy atom. The van der Waals surface area contributed by atoms with Gasteiger partial charge in [0.1, 0.15) is 0 Å². The number of nitrogens with zero attached hydrogens (tertiary/aromatic N) is 2. The van der Waals surface area contributed by atoms with Crippen LogP contribution in [-0.4, -0.2) is 9.71 Å². The summed E-state index contributed by atoms with van der Waals surface area (Å²) in [4.78, 5) is 10.5. The molecule has 2 aromatic carbocycles. The SMILES string of the molecule is c1ccc2nc(COn3ccc4ccccc43)ccc2c1. The first kappa shape index (κ1) is 12.0. The summed E-state index contributed by atoms with van der Waals surface area (Å²) < 4.78 is 1.80. The van der Waals surface area contributed by atoms with Crippen molar-refractivity contribution in [1.29, 1.82) is 0 Å². The molecule has 0 aliphatic carbocycles. The summed E-state index contributed by atoms with van der Waals surface area (Å²) in [6, 6.07) is 22.4. The van der Waals surface area contributed by atoms with Gasteiger partial charge in [-0.2, -0.15) is 4.73 Å². The number of rotatable bonds is 3. The quantitative estimate of drug-likeness (QED) is 0.568. The van der Waals surface area contributed by atoms with Gasteiger partial charge in [0.2, 0.25) is 0 Å². The largest absolute Gasteiger partial charge is 0.407 e. The molecular formula is C18H14N2O. The highest BCUT2D eigenvalue weighted by Crippen LogP contribution is 2.15. The lowest BCUT2D eigenvalue weighted by atomic mass is 10.2. The molecule has 21 heavy (non-hydrogen) atoms. The van der Waals surface area contributed by atoms with Gasteiger partial charge in [0.25, 0.3) is 0 Å². The van der Waals surface area contributed by atoms with Crippen molar-refractivity contribution < 1.29 is 4.84 Å². The highest BCUT2D eigenvalue weighted by Gasteiger charge is 2.02. The number of para-hydroxylation sites is 2. The van der Waals surface area contributed by atoms with Gasteiger partial charge in [0.15, 0.2) is 6.61 Å². The summed E-state index contributed by atoms with van der Waals surface area (Å²) >= 11 is 0. The molecule has 2 aromatic heterocycles. The first-order chi connectivity index (χ1) is 10.4. The first-order valence-electron chi connectivity index (χ1n) is 6.94. The Labute approximate surface area is 122 Å². The highest BCUT2D eigenvalue weighted by atomic mass is 16.7. The van der Waals surface area contributed by atoms with Crippen LogP contribution in [0.2, 0.25) is 0 Å². The minimum Gasteiger partial charge on any atom is -0.407 e. The van der Waals surface area contributed by atoms with E-state index in [2.05, 4.69) is 23.2 Å². The average molecular weight is 274 g/mol. The molecule has 102 valence electrons. The third kappa shape index (κ3) is 2.23. The van der Waals surface area contributed by atoms with Crippen LogP contribution in [0.3, 0.4) is 0 Å². The van der Waals surface area contributed by atoms with Crippen molar-refractivity contribution in [3.8, 4) is 0 Å². The molecule has 0 N–H and O–H groups in total. The Hall–Kier alpha value is -2.81. The zero-order valence-corrected chi connectivity index (χ0v) is 11.4. The van der Waals surface area contributed by atoms with Crippen molar-refractivity contribution in [2.24, 2.45) is 0 Å². The van der Waals surface area contributed by atoms with E-state index in [0.29, 0.717) is 6.61 Å². The van der Waals surface area contributed by atoms with E-state index in [9.17, 15) is 0 Å². The fourth-order valence-corrected chi connectivity index (χ4v) is 2.49. The molecule has 2 heterocycles. The van der Waals surface area contributed by atoms with E-state index < -0.39 is 0 Å². The normalized spacial score (nSPS) is 11.0. The zero-order chi connectivity index (χ0) is 14.1. The van der Waals surface area contributed by atoms with Gasteiger partial charge < -0.3 is 4.84 Å². The molecule has 0 unspecified atom stereocenters. The van der Waals surface area contributed by atoms with Crippen molar-refractivity contribution in [3.63, 3.8) is 0 Å². The maximum atomic E-state index is 5.85. The van der Waals surface area contributed by atoms with Gasteiger partial charge in [-0.1, -0.05) is 42.5 Å². The summed E-state index contributed by atoms with van der Waals surface area (Å²) in [5.41, 5.74) is 2.99. The summed E-state index contributed by atoms with van der Waals surface area (Å²) in [7, 11) is 0. The molecule has 0 amide bonds. The van der Waals surface area contributed by atoms with Gasteiger partial charge in [-0.05, 0) is 24.3 Å². The molecule has 0 aliphatic heterocycles. The molecule has 0 aliphatic rings. The van der Waals surface area contributed by atoms with Crippen LogP contribution >= 0.6 is 0 Å². The summed E-state index contributed by atoms with van der Waals surface area (Å²) in [6.45, 7) is 0.448. The predicted octanol–water partition coefficient (Wildman–Crippen LogP) is 3.82. The third-order valence-electron chi connectivity index (χ3n) is 3.57. The van der Waals surface area contributed by atoms with Crippen molar-refractivity contribution in [3.05, 3.63) is 78.6 Å². The maximum absolute atomic E-state index is 5.85. The fourth-order valence-electron chi connectivity index (χ4n) is 2.49. The second kappa shape index (κ2) is 4.94. The van der Waals surface area contributed by atoms with Crippen LogP contribution in [0.4, 0.5) is 0 Å². The molecule has 0 radical (unpaired) electrons. The number of hydrogen-bond donors (Lipinski definition) is 0. The smallest absolute Gasteiger partial charge is 0.157 e. The molecule has 0 bridgehead atoms. The van der Waals surface area contributed by atoms with E-state index in [1.807, 2.05) is 54.7 Å². The molecule has 0 saturated heterocycles. The molecular weight excluding hydrogens is 260 g/mol. The Morgan fingerprint density at radius 1 is 0.810 bits per heavy atom. The minimum atomic E-state index is 0.448. The van der Waals surface area contributed by atoms with Crippen LogP contribution in [0.15, 0.2) is 72.9 Å². The Kier molecular flexibility index (Phi) is 2.82. The first-order valence-corrected chi connectivity index (χ1v) is 6.94. The lowest BCUT2D eigenvalue weighted by molar-refractivity contribution is 0.105. The molecule has 0 spiro atoms. The zero-order valence-electron chi connectivity index (χ0n) is 11.4. The predicted molar refractivity (Wildman–Crippen MR) is 84.0 cm³/mol. The van der Waals surface area contributed by atoms with Gasteiger partial charge >= 0.3 is 0 Å². The van der Waals surface area contributed by atoms with E-state index in [-0.39, 0.29) is 0 Å². The molecule has 4 rings (SSSR count). The maximum Gasteiger partial charge on any atom is 0.157 e. The van der Waals surface area contributed by atoms with Gasteiger partial charge in [0, 0.05) is 17.0 Å². The van der Waals surface area contributed by atoms with Gasteiger partial charge in [0.05, 0.1) is 16.7 Å². The summed E-state index contributed by atoms with van der Waals surface area (Å²) in [6.07, 6.45) is 1.94. The fraction of sp³-hybridized carbons (Fsp3) is 0.0556. The monoisotopic (exact) mass is 274 g/mol. The van der Waals surface area contributed by atoms with E-state index >= 15 is 0 Å². The minimum absolute atomic E-state index is 0.448. The average Bonchev–Trinajstić information content (AvgIpc) is 2.96. The Morgan fingerprint density at radius 3 is 2.57 bits per heavy atom. The van der Waals surface area contributed by atoms with Gasteiger partial charge in [-0.3, -0.25) is 0 Å². The Bertz CT molecular complexity index is 911. The second-order valence-corrected chi connectivity index (χ2v) is 4.97. The number of aromatic nitrogens is 2. The standard InChI is InChI=1S/C18H14N2O/c1-3-7-17-14(5-1)9-10-16(19-17)13-21-20-12-11-15-6-2-4-8-18(15)20/h1-12H,13H2. The van der Waals surface area contributed by atoms with Crippen LogP contribution < -0.4 is 4.84 Å². The van der Waals surface area contributed by atoms with E-state index in [1.165, 1.54) is 5.39 Å². The van der Waals surface area contributed by atoms with Gasteiger partial charge in [-0.25, -0.2) is 4.98 Å². The van der Waals surface area contributed by atoms with Crippen LogP contribution in [0, 0.1) is 0 Å². The lowest BCUT2D eigenvalue weighted by Gasteiger charge is -2.08. The molecule has 4 aromatic rings. The topological polar surface area (TPSA) is 27.1 Å². The van der Waals surface area contributed by atoms with Crippen molar-refractivity contribution in [1.82, 2.24) is 9.71 Å². The number of hydrogen-bond acceptors (Lipinski definition) is 2. The number of fused-ring (bicyclic) bond motifs is 2. The van der Waals surface area contributed by atoms with Crippen LogP contribution in [0.25, 0.3) is 21.8 Å². The molecule has 0 fully saturated rings. The highest BCUT2D eigenvalue weighted by molar-refractivity contribution is 5.79. The van der Waals surface area contributed by atoms with Crippen molar-refractivity contribution in [2.45, 2.75) is 6.61 Å². The number of pyridine rings is 1. The third-order valence-corrected chi connectivity index (χ3v) is 3.57. The van der Waals surface area contributed by atoms with E-state index in [4.69, 9.17) is 4.84 Å². The molecule has 3 heteroatoms. The van der Waals surface area contributed by atoms with Crippen molar-refractivity contribution >= 4 is 21.8 Å². The van der Waals surface area contributed by atoms with Crippen LogP contribution in [-0.2, 0) is 6.61 Å². The lowest BCUT2D eigenvalue weighted by Crippen LogP contribution is -2.10. The molecule has 0 saturated carbocycles. The van der Waals surface area contributed by atoms with E-state index in [0.717, 1.165) is 22.1 Å². The van der Waals surface area contributed by atoms with Crippen LogP contribution in [0.5, 0.6) is 0 Å². The van der Waals surface area contributed by atoms with E-state index in [1.54, 1.807) is 4.73 Å². The molecule has 0 atom stereocenters.